The van der Waals surface area contributed by atoms with E-state index < -0.39 is 5.56 Å². The van der Waals surface area contributed by atoms with Crippen LogP contribution in [-0.4, -0.2) is 58.4 Å². The van der Waals surface area contributed by atoms with E-state index in [9.17, 15) is 14.7 Å². The van der Waals surface area contributed by atoms with Crippen molar-refractivity contribution in [3.63, 3.8) is 0 Å². The summed E-state index contributed by atoms with van der Waals surface area (Å²) < 4.78 is 8.35. The smallest absolute Gasteiger partial charge is 0.409 e. The first-order valence-corrected chi connectivity index (χ1v) is 11.0. The number of ether oxygens (including phenoxy) is 1. The first-order chi connectivity index (χ1) is 13.9. The summed E-state index contributed by atoms with van der Waals surface area (Å²) in [4.78, 5) is 28.2. The minimum absolute atomic E-state index is 0.227. The first-order valence-electron chi connectivity index (χ1n) is 9.37. The van der Waals surface area contributed by atoms with E-state index in [4.69, 9.17) is 4.74 Å². The maximum Gasteiger partial charge on any atom is 0.409 e. The van der Waals surface area contributed by atoms with Gasteiger partial charge in [0.05, 0.1) is 13.2 Å². The lowest BCUT2D eigenvalue weighted by molar-refractivity contribution is 0.0776. The molecule has 0 saturated carbocycles. The van der Waals surface area contributed by atoms with E-state index in [0.29, 0.717) is 51.4 Å². The highest BCUT2D eigenvalue weighted by molar-refractivity contribution is 9.11. The molecular formula is C20H23Br2N3O4. The monoisotopic (exact) mass is 527 g/mol. The fraction of sp³-hybridized carbons (Fsp3) is 0.400. The predicted molar refractivity (Wildman–Crippen MR) is 117 cm³/mol. The molecule has 0 atom stereocenters. The van der Waals surface area contributed by atoms with Crippen molar-refractivity contribution >= 4 is 38.0 Å². The molecule has 1 fully saturated rings. The second kappa shape index (κ2) is 9.77. The Kier molecular flexibility index (Phi) is 7.37. The number of carbonyl (C=O) groups is 1. The van der Waals surface area contributed by atoms with Crippen LogP contribution >= 0.6 is 31.9 Å². The quantitative estimate of drug-likeness (QED) is 0.643. The lowest BCUT2D eigenvalue weighted by Crippen LogP contribution is -2.48. The molecule has 156 valence electrons. The molecule has 0 radical (unpaired) electrons. The van der Waals surface area contributed by atoms with Crippen LogP contribution < -0.4 is 5.56 Å². The third-order valence-electron chi connectivity index (χ3n) is 4.79. The van der Waals surface area contributed by atoms with E-state index in [-0.39, 0.29) is 11.8 Å². The van der Waals surface area contributed by atoms with Crippen LogP contribution in [0.25, 0.3) is 0 Å². The van der Waals surface area contributed by atoms with Crippen LogP contribution in [-0.2, 0) is 17.8 Å². The zero-order valence-corrected chi connectivity index (χ0v) is 19.3. The maximum absolute atomic E-state index is 12.6. The lowest BCUT2D eigenvalue weighted by Gasteiger charge is -2.34. The fourth-order valence-electron chi connectivity index (χ4n) is 3.30. The van der Waals surface area contributed by atoms with Crippen LogP contribution in [0.3, 0.4) is 0 Å². The van der Waals surface area contributed by atoms with Crippen LogP contribution in [0.1, 0.15) is 18.1 Å². The molecule has 3 rings (SSSR count). The first kappa shape index (κ1) is 21.9. The molecule has 1 aromatic heterocycles. The molecule has 0 spiro atoms. The van der Waals surface area contributed by atoms with Crippen LogP contribution in [0.15, 0.2) is 44.2 Å². The minimum atomic E-state index is -0.413. The zero-order valence-electron chi connectivity index (χ0n) is 16.1. The minimum Gasteiger partial charge on any atom is -0.503 e. The van der Waals surface area contributed by atoms with Gasteiger partial charge in [-0.25, -0.2) is 4.79 Å². The van der Waals surface area contributed by atoms with E-state index in [1.165, 1.54) is 4.57 Å². The normalized spacial score (nSPS) is 14.8. The van der Waals surface area contributed by atoms with Gasteiger partial charge in [-0.2, -0.15) is 0 Å². The summed E-state index contributed by atoms with van der Waals surface area (Å²) >= 11 is 6.89. The maximum atomic E-state index is 12.6. The number of aromatic hydroxyl groups is 1. The molecule has 7 nitrogen and oxygen atoms in total. The Hall–Kier alpha value is -1.84. The van der Waals surface area contributed by atoms with Crippen LogP contribution in [0.5, 0.6) is 5.75 Å². The van der Waals surface area contributed by atoms with E-state index in [1.54, 1.807) is 24.1 Å². The Morgan fingerprint density at radius 3 is 2.38 bits per heavy atom. The lowest BCUT2D eigenvalue weighted by atomic mass is 10.2. The van der Waals surface area contributed by atoms with Gasteiger partial charge in [-0.15, -0.1) is 0 Å². The number of carbonyl (C=O) groups excluding carboxylic acids is 1. The van der Waals surface area contributed by atoms with Crippen molar-refractivity contribution in [1.29, 1.82) is 0 Å². The van der Waals surface area contributed by atoms with Gasteiger partial charge < -0.3 is 19.3 Å². The van der Waals surface area contributed by atoms with Crippen molar-refractivity contribution in [2.45, 2.75) is 20.0 Å². The summed E-state index contributed by atoms with van der Waals surface area (Å²) in [6.45, 7) is 5.42. The van der Waals surface area contributed by atoms with Gasteiger partial charge in [0, 0.05) is 53.4 Å². The van der Waals surface area contributed by atoms with Crippen LogP contribution in [0.2, 0.25) is 0 Å². The van der Waals surface area contributed by atoms with E-state index >= 15 is 0 Å². The average Bonchev–Trinajstić information content (AvgIpc) is 2.68. The van der Waals surface area contributed by atoms with Crippen molar-refractivity contribution in [1.82, 2.24) is 14.4 Å². The average molecular weight is 529 g/mol. The van der Waals surface area contributed by atoms with Crippen molar-refractivity contribution in [3.05, 3.63) is 60.9 Å². The second-order valence-corrected chi connectivity index (χ2v) is 8.69. The predicted octanol–water partition coefficient (Wildman–Crippen LogP) is 3.40. The largest absolute Gasteiger partial charge is 0.503 e. The number of hydrogen-bond acceptors (Lipinski definition) is 5. The molecule has 29 heavy (non-hydrogen) atoms. The number of piperazine rings is 1. The van der Waals surface area contributed by atoms with Gasteiger partial charge in [-0.1, -0.05) is 31.9 Å². The Balaban J connectivity index is 1.66. The van der Waals surface area contributed by atoms with Crippen molar-refractivity contribution in [2.24, 2.45) is 0 Å². The molecule has 2 aromatic rings. The number of pyridine rings is 1. The Morgan fingerprint density at radius 1 is 1.10 bits per heavy atom. The van der Waals surface area contributed by atoms with Crippen molar-refractivity contribution in [3.8, 4) is 5.75 Å². The molecule has 9 heteroatoms. The van der Waals surface area contributed by atoms with Crippen LogP contribution in [0.4, 0.5) is 4.79 Å². The number of halogens is 2. The molecule has 0 bridgehead atoms. The number of amides is 1. The molecule has 0 unspecified atom stereocenters. The Morgan fingerprint density at radius 2 is 1.76 bits per heavy atom. The van der Waals surface area contributed by atoms with Gasteiger partial charge in [0.25, 0.3) is 5.56 Å². The SMILES string of the molecule is CCOC(=O)N1CCN(Cc2ccn(Cc3cc(Br)cc(Br)c3)c(=O)c2O)CC1. The highest BCUT2D eigenvalue weighted by Crippen LogP contribution is 2.21. The highest BCUT2D eigenvalue weighted by Gasteiger charge is 2.23. The molecule has 1 aliphatic rings. The molecule has 0 aliphatic carbocycles. The molecule has 1 N–H and O–H groups in total. The van der Waals surface area contributed by atoms with Gasteiger partial charge in [-0.05, 0) is 36.8 Å². The molecule has 1 amide bonds. The van der Waals surface area contributed by atoms with Crippen LogP contribution in [0, 0.1) is 0 Å². The summed E-state index contributed by atoms with van der Waals surface area (Å²) in [6.07, 6.45) is 1.41. The Labute approximate surface area is 186 Å². The third-order valence-corrected chi connectivity index (χ3v) is 5.71. The highest BCUT2D eigenvalue weighted by atomic mass is 79.9. The topological polar surface area (TPSA) is 75.0 Å². The fourth-order valence-corrected chi connectivity index (χ4v) is 4.68. The molecular weight excluding hydrogens is 506 g/mol. The number of rotatable bonds is 5. The summed E-state index contributed by atoms with van der Waals surface area (Å²) in [6, 6.07) is 7.58. The zero-order chi connectivity index (χ0) is 21.0. The summed E-state index contributed by atoms with van der Waals surface area (Å²) in [7, 11) is 0. The number of benzene rings is 1. The van der Waals surface area contributed by atoms with Gasteiger partial charge in [0.1, 0.15) is 0 Å². The van der Waals surface area contributed by atoms with Gasteiger partial charge >= 0.3 is 6.09 Å². The third kappa shape index (κ3) is 5.61. The summed E-state index contributed by atoms with van der Waals surface area (Å²) in [5, 5.41) is 10.4. The van der Waals surface area contributed by atoms with Gasteiger partial charge in [0.2, 0.25) is 0 Å². The van der Waals surface area contributed by atoms with Gasteiger partial charge in [-0.3, -0.25) is 9.69 Å². The number of hydrogen-bond donors (Lipinski definition) is 1. The molecule has 2 heterocycles. The summed E-state index contributed by atoms with van der Waals surface area (Å²) in [5.74, 6) is -0.227. The number of nitrogens with zero attached hydrogens (tertiary/aromatic N) is 3. The standard InChI is InChI=1S/C20H23Br2N3O4/c1-2-29-20(28)24-7-5-23(6-8-24)13-15-3-4-25(19(27)18(15)26)12-14-9-16(21)11-17(22)10-14/h3-4,9-11,26H,2,5-8,12-13H2,1H3. The van der Waals surface area contributed by atoms with E-state index in [1.807, 2.05) is 18.2 Å². The summed E-state index contributed by atoms with van der Waals surface area (Å²) in [5.41, 5.74) is 1.12. The molecule has 1 aromatic carbocycles. The van der Waals surface area contributed by atoms with Crippen molar-refractivity contribution < 1.29 is 14.6 Å². The second-order valence-electron chi connectivity index (χ2n) is 6.86. The van der Waals surface area contributed by atoms with Crippen molar-refractivity contribution in [2.75, 3.05) is 32.8 Å². The van der Waals surface area contributed by atoms with E-state index in [0.717, 1.165) is 14.5 Å². The number of aromatic nitrogens is 1. The Bertz CT molecular complexity index is 920. The van der Waals surface area contributed by atoms with Gasteiger partial charge in [0.15, 0.2) is 5.75 Å². The van der Waals surface area contributed by atoms with E-state index in [2.05, 4.69) is 36.8 Å². The molecule has 1 aliphatic heterocycles. The molecule has 1 saturated heterocycles.